The summed E-state index contributed by atoms with van der Waals surface area (Å²) in [5.41, 5.74) is 1.69. The van der Waals surface area contributed by atoms with E-state index in [9.17, 15) is 19.2 Å². The minimum atomic E-state index is -0.716. The fraction of sp³-hybridized carbons (Fsp3) is 0.172. The van der Waals surface area contributed by atoms with E-state index in [0.717, 1.165) is 4.90 Å². The molecule has 0 spiro atoms. The number of hydrogen-bond donors (Lipinski definition) is 2. The Kier molecular flexibility index (Phi) is 8.31. The van der Waals surface area contributed by atoms with Crippen LogP contribution < -0.4 is 20.3 Å². The highest BCUT2D eigenvalue weighted by Gasteiger charge is 2.39. The normalized spacial score (nSPS) is 13.1. The van der Waals surface area contributed by atoms with E-state index in [1.807, 2.05) is 13.8 Å². The summed E-state index contributed by atoms with van der Waals surface area (Å²) < 4.78 is 10.6. The van der Waals surface area contributed by atoms with Crippen LogP contribution in [0.4, 0.5) is 17.1 Å². The first-order valence-electron chi connectivity index (χ1n) is 12.2. The number of carbonyl (C=O) groups is 4. The molecule has 39 heavy (non-hydrogen) atoms. The van der Waals surface area contributed by atoms with Gasteiger partial charge in [-0.3, -0.25) is 14.4 Å². The van der Waals surface area contributed by atoms with Crippen molar-refractivity contribution < 1.29 is 28.7 Å². The quantitative estimate of drug-likeness (QED) is 0.274. The molecule has 0 aromatic heterocycles. The van der Waals surface area contributed by atoms with Gasteiger partial charge in [0.1, 0.15) is 16.5 Å². The van der Waals surface area contributed by atoms with Gasteiger partial charge in [-0.2, -0.15) is 0 Å². The average molecular weight is 548 g/mol. The van der Waals surface area contributed by atoms with Crippen LogP contribution in [-0.2, 0) is 14.3 Å². The van der Waals surface area contributed by atoms with Gasteiger partial charge >= 0.3 is 5.97 Å². The predicted octanol–water partition coefficient (Wildman–Crippen LogP) is 5.34. The van der Waals surface area contributed by atoms with Gasteiger partial charge in [0.15, 0.2) is 0 Å². The van der Waals surface area contributed by atoms with Crippen LogP contribution in [0.1, 0.15) is 41.5 Å². The van der Waals surface area contributed by atoms with Gasteiger partial charge in [0.25, 0.3) is 17.7 Å². The first-order valence-corrected chi connectivity index (χ1v) is 12.6. The molecule has 0 bridgehead atoms. The van der Waals surface area contributed by atoms with Crippen molar-refractivity contribution in [3.05, 3.63) is 94.7 Å². The van der Waals surface area contributed by atoms with Gasteiger partial charge < -0.3 is 20.1 Å². The number of benzene rings is 3. The van der Waals surface area contributed by atoms with E-state index < -0.39 is 17.8 Å². The van der Waals surface area contributed by atoms with E-state index in [-0.39, 0.29) is 40.6 Å². The van der Waals surface area contributed by atoms with Crippen molar-refractivity contribution in [2.45, 2.75) is 26.9 Å². The van der Waals surface area contributed by atoms with Gasteiger partial charge in [0.05, 0.1) is 24.0 Å². The largest absolute Gasteiger partial charge is 0.491 e. The number of esters is 1. The van der Waals surface area contributed by atoms with Gasteiger partial charge in [-0.25, -0.2) is 9.69 Å². The molecule has 0 radical (unpaired) electrons. The summed E-state index contributed by atoms with van der Waals surface area (Å²) in [4.78, 5) is 51.6. The van der Waals surface area contributed by atoms with Crippen molar-refractivity contribution in [2.24, 2.45) is 0 Å². The Balaban J connectivity index is 1.46. The highest BCUT2D eigenvalue weighted by atomic mass is 35.5. The monoisotopic (exact) mass is 547 g/mol. The minimum Gasteiger partial charge on any atom is -0.491 e. The third-order valence-corrected chi connectivity index (χ3v) is 5.89. The SMILES string of the molecule is CCOC(=O)c1ccc(N2C(=O)C(Cl)=C(Nc3cccc(C(=O)Nc4ccc(OC(C)C)cc4)c3)C2=O)cc1. The second-order valence-corrected chi connectivity index (χ2v) is 9.13. The first-order chi connectivity index (χ1) is 18.7. The summed E-state index contributed by atoms with van der Waals surface area (Å²) in [6.45, 7) is 5.77. The third kappa shape index (κ3) is 6.27. The van der Waals surface area contributed by atoms with E-state index in [0.29, 0.717) is 22.7 Å². The maximum absolute atomic E-state index is 13.1. The molecule has 2 N–H and O–H groups in total. The molecule has 3 aromatic carbocycles. The van der Waals surface area contributed by atoms with E-state index in [1.54, 1.807) is 49.4 Å². The van der Waals surface area contributed by atoms with Crippen LogP contribution in [0.3, 0.4) is 0 Å². The summed E-state index contributed by atoms with van der Waals surface area (Å²) in [5, 5.41) is 5.38. The number of rotatable bonds is 9. The molecule has 9 nitrogen and oxygen atoms in total. The highest BCUT2D eigenvalue weighted by molar-refractivity contribution is 6.53. The van der Waals surface area contributed by atoms with Gasteiger partial charge in [0.2, 0.25) is 0 Å². The number of ether oxygens (including phenoxy) is 2. The van der Waals surface area contributed by atoms with Crippen LogP contribution in [0.15, 0.2) is 83.5 Å². The summed E-state index contributed by atoms with van der Waals surface area (Å²) >= 11 is 6.24. The molecule has 1 aliphatic rings. The standard InChI is InChI=1S/C29H26ClN3O6/c1-4-38-29(37)18-8-12-22(13-9-18)33-27(35)24(30)25(28(33)36)31-21-7-5-6-19(16-21)26(34)32-20-10-14-23(15-11-20)39-17(2)3/h5-17,31H,4H2,1-3H3,(H,32,34). The zero-order valence-corrected chi connectivity index (χ0v) is 22.2. The molecule has 0 saturated heterocycles. The van der Waals surface area contributed by atoms with Crippen molar-refractivity contribution in [2.75, 3.05) is 22.1 Å². The molecule has 3 amide bonds. The smallest absolute Gasteiger partial charge is 0.338 e. The van der Waals surface area contributed by atoms with Crippen molar-refractivity contribution in [1.82, 2.24) is 0 Å². The summed E-state index contributed by atoms with van der Waals surface area (Å²) in [6, 6.07) is 19.3. The van der Waals surface area contributed by atoms with Crippen LogP contribution in [0, 0.1) is 0 Å². The van der Waals surface area contributed by atoms with Gasteiger partial charge in [-0.05, 0) is 87.5 Å². The lowest BCUT2D eigenvalue weighted by molar-refractivity contribution is -0.120. The molecule has 1 heterocycles. The highest BCUT2D eigenvalue weighted by Crippen LogP contribution is 2.30. The van der Waals surface area contributed by atoms with E-state index >= 15 is 0 Å². The molecular formula is C29H26ClN3O6. The van der Waals surface area contributed by atoms with Gasteiger partial charge in [0, 0.05) is 16.9 Å². The van der Waals surface area contributed by atoms with Crippen molar-refractivity contribution in [1.29, 1.82) is 0 Å². The van der Waals surface area contributed by atoms with Crippen molar-refractivity contribution in [3.8, 4) is 5.75 Å². The lowest BCUT2D eigenvalue weighted by atomic mass is 10.1. The number of nitrogens with zero attached hydrogens (tertiary/aromatic N) is 1. The number of imide groups is 1. The lowest BCUT2D eigenvalue weighted by Gasteiger charge is -2.15. The zero-order valence-electron chi connectivity index (χ0n) is 21.5. The lowest BCUT2D eigenvalue weighted by Crippen LogP contribution is -2.32. The summed E-state index contributed by atoms with van der Waals surface area (Å²) in [7, 11) is 0. The number of amides is 3. The average Bonchev–Trinajstić information content (AvgIpc) is 3.12. The second-order valence-electron chi connectivity index (χ2n) is 8.75. The topological polar surface area (TPSA) is 114 Å². The Morgan fingerprint density at radius 3 is 2.23 bits per heavy atom. The van der Waals surface area contributed by atoms with Crippen molar-refractivity contribution >= 4 is 52.4 Å². The zero-order chi connectivity index (χ0) is 28.1. The first kappa shape index (κ1) is 27.4. The Bertz CT molecular complexity index is 1450. The Hall–Kier alpha value is -4.63. The molecule has 10 heteroatoms. The molecule has 0 unspecified atom stereocenters. The summed E-state index contributed by atoms with van der Waals surface area (Å²) in [6.07, 6.45) is 0.0373. The number of nitrogens with one attached hydrogen (secondary N) is 2. The van der Waals surface area contributed by atoms with E-state index in [1.165, 1.54) is 30.3 Å². The fourth-order valence-electron chi connectivity index (χ4n) is 3.78. The van der Waals surface area contributed by atoms with Crippen LogP contribution in [0.5, 0.6) is 5.75 Å². The maximum atomic E-state index is 13.1. The fourth-order valence-corrected chi connectivity index (χ4v) is 3.99. The van der Waals surface area contributed by atoms with E-state index in [4.69, 9.17) is 21.1 Å². The molecule has 0 saturated carbocycles. The van der Waals surface area contributed by atoms with Gasteiger partial charge in [-0.1, -0.05) is 17.7 Å². The molecule has 0 atom stereocenters. The number of carbonyl (C=O) groups excluding carboxylic acids is 4. The predicted molar refractivity (Wildman–Crippen MR) is 148 cm³/mol. The Labute approximate surface area is 230 Å². The Morgan fingerprint density at radius 2 is 1.59 bits per heavy atom. The molecule has 1 aliphatic heterocycles. The van der Waals surface area contributed by atoms with Gasteiger partial charge in [-0.15, -0.1) is 0 Å². The maximum Gasteiger partial charge on any atom is 0.338 e. The minimum absolute atomic E-state index is 0.0373. The number of anilines is 3. The van der Waals surface area contributed by atoms with Crippen molar-refractivity contribution in [3.63, 3.8) is 0 Å². The molecule has 200 valence electrons. The van der Waals surface area contributed by atoms with Crippen LogP contribution in [-0.4, -0.2) is 36.4 Å². The molecule has 0 aliphatic carbocycles. The molecule has 3 aromatic rings. The number of halogens is 1. The second kappa shape index (κ2) is 11.8. The molecular weight excluding hydrogens is 522 g/mol. The van der Waals surface area contributed by atoms with E-state index in [2.05, 4.69) is 10.6 Å². The van der Waals surface area contributed by atoms with Crippen LogP contribution in [0.25, 0.3) is 0 Å². The summed E-state index contributed by atoms with van der Waals surface area (Å²) in [5.74, 6) is -1.57. The van der Waals surface area contributed by atoms with Crippen LogP contribution >= 0.6 is 11.6 Å². The Morgan fingerprint density at radius 1 is 0.897 bits per heavy atom. The number of hydrogen-bond acceptors (Lipinski definition) is 7. The third-order valence-electron chi connectivity index (χ3n) is 5.54. The molecule has 4 rings (SSSR count). The van der Waals surface area contributed by atoms with Crippen LogP contribution in [0.2, 0.25) is 0 Å². The molecule has 0 fully saturated rings.